The number of hydrogen-bond acceptors (Lipinski definition) is 10. The molecule has 0 aliphatic carbocycles. The number of anilines is 4. The van der Waals surface area contributed by atoms with Gasteiger partial charge in [0.15, 0.2) is 11.6 Å². The summed E-state index contributed by atoms with van der Waals surface area (Å²) in [6.45, 7) is 5.71. The summed E-state index contributed by atoms with van der Waals surface area (Å²) in [5, 5.41) is 24.6. The van der Waals surface area contributed by atoms with Crippen LogP contribution in [-0.2, 0) is 44.4 Å². The molecule has 70 heavy (non-hydrogen) atoms. The van der Waals surface area contributed by atoms with E-state index in [-0.39, 0.29) is 55.3 Å². The quantitative estimate of drug-likeness (QED) is 0.0430. The number of amides is 4. The largest absolute Gasteiger partial charge is 0.417 e. The van der Waals surface area contributed by atoms with Crippen LogP contribution < -0.4 is 21.3 Å². The van der Waals surface area contributed by atoms with Gasteiger partial charge >= 0.3 is 12.4 Å². The van der Waals surface area contributed by atoms with Crippen molar-refractivity contribution in [2.24, 2.45) is 20.5 Å². The van der Waals surface area contributed by atoms with Gasteiger partial charge in [0.05, 0.1) is 31.2 Å². The van der Waals surface area contributed by atoms with Gasteiger partial charge in [0.25, 0.3) is 23.6 Å². The highest BCUT2D eigenvalue weighted by atomic mass is 35.5. The van der Waals surface area contributed by atoms with Crippen LogP contribution in [0.2, 0.25) is 20.1 Å². The Morgan fingerprint density at radius 1 is 0.500 bits per heavy atom. The van der Waals surface area contributed by atoms with Crippen molar-refractivity contribution in [1.29, 1.82) is 0 Å². The lowest BCUT2D eigenvalue weighted by molar-refractivity contribution is -0.138. The van der Waals surface area contributed by atoms with Crippen molar-refractivity contribution in [3.63, 3.8) is 0 Å². The smallest absolute Gasteiger partial charge is 0.323 e. The molecule has 14 nitrogen and oxygen atoms in total. The highest BCUT2D eigenvalue weighted by Gasteiger charge is 2.34. The zero-order chi connectivity index (χ0) is 51.8. The number of alkyl halides is 6. The summed E-state index contributed by atoms with van der Waals surface area (Å²) in [5.74, 6) is -4.84. The summed E-state index contributed by atoms with van der Waals surface area (Å²) < 4.78 is 78.8. The molecular weight excluding hydrogens is 1020 g/mol. The van der Waals surface area contributed by atoms with Crippen molar-refractivity contribution in [3.05, 3.63) is 138 Å². The molecule has 5 rings (SSSR count). The Morgan fingerprint density at radius 2 is 0.857 bits per heavy atom. The molecule has 0 fully saturated rings. The summed E-state index contributed by atoms with van der Waals surface area (Å²) >= 11 is 24.1. The first-order valence-electron chi connectivity index (χ1n) is 20.4. The first-order valence-corrected chi connectivity index (χ1v) is 21.9. The number of carbonyl (C=O) groups excluding carboxylic acids is 6. The Hall–Kier alpha value is -6.74. The Morgan fingerprint density at radius 3 is 1.16 bits per heavy atom. The number of azo groups is 2. The Bertz CT molecular complexity index is 2770. The van der Waals surface area contributed by atoms with Crippen molar-refractivity contribution in [2.75, 3.05) is 21.3 Å². The monoisotopic (exact) mass is 1050 g/mol. The van der Waals surface area contributed by atoms with E-state index in [0.717, 1.165) is 38.1 Å². The van der Waals surface area contributed by atoms with Gasteiger partial charge in [0, 0.05) is 33.9 Å². The van der Waals surface area contributed by atoms with Gasteiger partial charge in [-0.05, 0) is 123 Å². The topological polar surface area (TPSA) is 200 Å². The molecule has 366 valence electrons. The van der Waals surface area contributed by atoms with Crippen molar-refractivity contribution >= 4 is 116 Å². The fraction of sp³-hybridized carbons (Fsp3) is 0.217. The van der Waals surface area contributed by atoms with E-state index in [9.17, 15) is 55.1 Å². The minimum Gasteiger partial charge on any atom is -0.323 e. The minimum absolute atomic E-state index is 0.0290. The van der Waals surface area contributed by atoms with Crippen LogP contribution in [0, 0.1) is 0 Å². The Labute approximate surface area is 414 Å². The lowest BCUT2D eigenvalue weighted by Crippen LogP contribution is -2.33. The average Bonchev–Trinajstić information content (AvgIpc) is 3.26. The van der Waals surface area contributed by atoms with Gasteiger partial charge in [-0.1, -0.05) is 60.3 Å². The van der Waals surface area contributed by atoms with Crippen LogP contribution in [0.3, 0.4) is 0 Å². The Balaban J connectivity index is 1.30. The summed E-state index contributed by atoms with van der Waals surface area (Å²) in [6, 6.07) is 12.3. The van der Waals surface area contributed by atoms with Gasteiger partial charge in [-0.25, -0.2) is 0 Å². The third kappa shape index (κ3) is 13.5. The summed E-state index contributed by atoms with van der Waals surface area (Å²) in [5.41, 5.74) is -1.11. The molecule has 2 atom stereocenters. The van der Waals surface area contributed by atoms with Crippen LogP contribution in [0.5, 0.6) is 0 Å². The fourth-order valence-electron chi connectivity index (χ4n) is 6.53. The fourth-order valence-corrected chi connectivity index (χ4v) is 7.41. The molecule has 0 heterocycles. The van der Waals surface area contributed by atoms with Crippen molar-refractivity contribution in [3.8, 4) is 0 Å². The van der Waals surface area contributed by atoms with E-state index in [0.29, 0.717) is 36.1 Å². The van der Waals surface area contributed by atoms with Gasteiger partial charge in [-0.2, -0.15) is 46.8 Å². The van der Waals surface area contributed by atoms with Crippen molar-refractivity contribution in [2.45, 2.75) is 65.0 Å². The lowest BCUT2D eigenvalue weighted by atomic mass is 9.98. The highest BCUT2D eigenvalue weighted by Crippen LogP contribution is 2.38. The zero-order valence-corrected chi connectivity index (χ0v) is 39.7. The number of carbonyl (C=O) groups is 6. The third-order valence-electron chi connectivity index (χ3n) is 9.96. The van der Waals surface area contributed by atoms with Gasteiger partial charge in [-0.15, -0.1) is 0 Å². The molecule has 0 spiro atoms. The molecule has 5 aromatic rings. The van der Waals surface area contributed by atoms with E-state index >= 15 is 0 Å². The molecule has 5 aromatic carbocycles. The minimum atomic E-state index is -4.71. The van der Waals surface area contributed by atoms with E-state index in [4.69, 9.17) is 46.4 Å². The number of Topliss-reactive ketones (excluding diaryl/α,β-unsaturated/α-hetero) is 2. The van der Waals surface area contributed by atoms with E-state index in [2.05, 4.69) is 41.7 Å². The number of benzene rings is 5. The maximum absolute atomic E-state index is 13.6. The maximum Gasteiger partial charge on any atom is 0.417 e. The van der Waals surface area contributed by atoms with E-state index in [1.165, 1.54) is 48.5 Å². The molecule has 0 bridgehead atoms. The number of nitrogens with one attached hydrogen (secondary N) is 4. The van der Waals surface area contributed by atoms with Crippen molar-refractivity contribution < 1.29 is 55.1 Å². The average molecular weight is 1050 g/mol. The number of halogens is 10. The predicted octanol–water partition coefficient (Wildman–Crippen LogP) is 13.3. The second-order valence-corrected chi connectivity index (χ2v) is 16.5. The second kappa shape index (κ2) is 22.8. The standard InChI is InChI=1S/C46H36Cl4F6N8O6/c1-5-27-28(6-2)36(60-44(70)40(22(4)66)64-62-38-18-24(8-14-32(38)48)42(68)58-26-10-12-30(34(50)20-26)46(54,55)56)16-15-35(27)59-43(69)39(21(3)65)63-61-37-17-23(7-13-31(37)47)41(67)57-25-9-11-29(33(49)19-25)45(51,52)53/h7-20,39-40H,5-6H2,1-4H3,(H,57,67)(H,58,68)(H,59,69)(H,60,70). The SMILES string of the molecule is CCc1c(NC(=O)C(N=Nc2cc(C(=O)Nc3ccc(C(F)(F)F)c(Cl)c3)ccc2Cl)C(C)=O)ccc(NC(=O)C(N=Nc2cc(C(=O)Nc3ccc(C(F)(F)F)c(Cl)c3)ccc2Cl)C(C)=O)c1CC. The predicted molar refractivity (Wildman–Crippen MR) is 252 cm³/mol. The van der Waals surface area contributed by atoms with Crippen LogP contribution in [0.25, 0.3) is 0 Å². The molecule has 2 unspecified atom stereocenters. The summed E-state index contributed by atoms with van der Waals surface area (Å²) in [7, 11) is 0. The first kappa shape index (κ1) is 54.2. The van der Waals surface area contributed by atoms with Gasteiger partial charge < -0.3 is 21.3 Å². The van der Waals surface area contributed by atoms with Crippen LogP contribution in [-0.4, -0.2) is 47.3 Å². The van der Waals surface area contributed by atoms with E-state index < -0.39 is 80.8 Å². The van der Waals surface area contributed by atoms with Crippen molar-refractivity contribution in [1.82, 2.24) is 0 Å². The molecule has 24 heteroatoms. The van der Waals surface area contributed by atoms with Crippen LogP contribution in [0.4, 0.5) is 60.5 Å². The summed E-state index contributed by atoms with van der Waals surface area (Å²) in [6.07, 6.45) is -8.83. The number of hydrogen-bond donors (Lipinski definition) is 4. The molecule has 4 amide bonds. The molecule has 0 saturated carbocycles. The third-order valence-corrected chi connectivity index (χ3v) is 11.2. The molecular formula is C46H36Cl4F6N8O6. The van der Waals surface area contributed by atoms with Gasteiger partial charge in [-0.3, -0.25) is 28.8 Å². The first-order chi connectivity index (χ1) is 32.8. The van der Waals surface area contributed by atoms with Crippen LogP contribution >= 0.6 is 46.4 Å². The molecule has 0 aliphatic rings. The number of nitrogens with zero attached hydrogens (tertiary/aromatic N) is 4. The molecule has 0 radical (unpaired) electrons. The van der Waals surface area contributed by atoms with E-state index in [1.54, 1.807) is 13.8 Å². The van der Waals surface area contributed by atoms with Crippen LogP contribution in [0.15, 0.2) is 105 Å². The normalized spacial score (nSPS) is 12.7. The van der Waals surface area contributed by atoms with Crippen LogP contribution in [0.1, 0.15) is 70.7 Å². The lowest BCUT2D eigenvalue weighted by Gasteiger charge is -2.20. The molecule has 4 N–H and O–H groups in total. The molecule has 0 aromatic heterocycles. The zero-order valence-electron chi connectivity index (χ0n) is 36.7. The summed E-state index contributed by atoms with van der Waals surface area (Å²) in [4.78, 5) is 78.6. The second-order valence-electron chi connectivity index (χ2n) is 14.9. The number of rotatable bonds is 16. The molecule has 0 aliphatic heterocycles. The van der Waals surface area contributed by atoms with E-state index in [1.807, 2.05) is 0 Å². The molecule has 0 saturated heterocycles. The van der Waals surface area contributed by atoms with Gasteiger partial charge in [0.1, 0.15) is 11.4 Å². The maximum atomic E-state index is 13.6. The van der Waals surface area contributed by atoms with Gasteiger partial charge in [0.2, 0.25) is 12.1 Å². The highest BCUT2D eigenvalue weighted by molar-refractivity contribution is 6.34. The Kier molecular flexibility index (Phi) is 17.6. The number of ketones is 2.